The Morgan fingerprint density at radius 3 is 2.83 bits per heavy atom. The van der Waals surface area contributed by atoms with Crippen molar-refractivity contribution in [2.45, 2.75) is 12.5 Å². The summed E-state index contributed by atoms with van der Waals surface area (Å²) in [4.78, 5) is 21.9. The van der Waals surface area contributed by atoms with Crippen molar-refractivity contribution in [1.82, 2.24) is 14.9 Å². The highest BCUT2D eigenvalue weighted by Gasteiger charge is 2.29. The van der Waals surface area contributed by atoms with Gasteiger partial charge in [-0.1, -0.05) is 18.2 Å². The summed E-state index contributed by atoms with van der Waals surface area (Å²) in [6.45, 7) is 1.60. The van der Waals surface area contributed by atoms with Crippen molar-refractivity contribution in [3.63, 3.8) is 0 Å². The lowest BCUT2D eigenvalue weighted by Crippen LogP contribution is -2.31. The topological polar surface area (TPSA) is 91.1 Å². The van der Waals surface area contributed by atoms with Crippen LogP contribution in [0.1, 0.15) is 12.1 Å². The van der Waals surface area contributed by atoms with Crippen LogP contribution in [0.2, 0.25) is 0 Å². The number of nitrogens with one attached hydrogen (secondary N) is 1. The average molecular weight is 323 g/mol. The number of carbonyl (C=O) groups is 1. The van der Waals surface area contributed by atoms with Gasteiger partial charge in [0.05, 0.1) is 25.0 Å². The number of benzene rings is 1. The second-order valence-corrected chi connectivity index (χ2v) is 5.45. The summed E-state index contributed by atoms with van der Waals surface area (Å²) in [7, 11) is 0. The van der Waals surface area contributed by atoms with Crippen molar-refractivity contribution in [1.29, 1.82) is 5.26 Å². The summed E-state index contributed by atoms with van der Waals surface area (Å²) >= 11 is 0. The molecule has 1 aliphatic rings. The van der Waals surface area contributed by atoms with Gasteiger partial charge in [-0.3, -0.25) is 4.79 Å². The van der Waals surface area contributed by atoms with Gasteiger partial charge in [-0.2, -0.15) is 5.26 Å². The number of nitrogens with zero attached hydrogens (tertiary/aromatic N) is 4. The molecule has 2 heterocycles. The van der Waals surface area contributed by atoms with E-state index in [4.69, 9.17) is 10.00 Å². The fraction of sp³-hybridized carbons (Fsp3) is 0.294. The van der Waals surface area contributed by atoms with Crippen LogP contribution in [-0.4, -0.2) is 46.5 Å². The largest absolute Gasteiger partial charge is 0.492 e. The van der Waals surface area contributed by atoms with Crippen LogP contribution < -0.4 is 10.1 Å². The van der Waals surface area contributed by atoms with Crippen LogP contribution in [0.5, 0.6) is 5.75 Å². The average Bonchev–Trinajstić information content (AvgIpc) is 2.96. The van der Waals surface area contributed by atoms with Gasteiger partial charge >= 0.3 is 0 Å². The highest BCUT2D eigenvalue weighted by Crippen LogP contribution is 2.15. The van der Waals surface area contributed by atoms with Crippen LogP contribution in [0.25, 0.3) is 0 Å². The molecule has 0 radical (unpaired) electrons. The third-order valence-electron chi connectivity index (χ3n) is 3.71. The molecule has 122 valence electrons. The SMILES string of the molecule is N#Cc1cnc(N[C@@H]2CC(=O)N(CCOc3ccccc3)C2)cn1. The Bertz CT molecular complexity index is 727. The fourth-order valence-corrected chi connectivity index (χ4v) is 2.54. The lowest BCUT2D eigenvalue weighted by Gasteiger charge is -2.17. The number of rotatable bonds is 6. The summed E-state index contributed by atoms with van der Waals surface area (Å²) in [6, 6.07) is 11.4. The van der Waals surface area contributed by atoms with Gasteiger partial charge in [-0.15, -0.1) is 0 Å². The first-order valence-corrected chi connectivity index (χ1v) is 7.69. The lowest BCUT2D eigenvalue weighted by molar-refractivity contribution is -0.128. The third-order valence-corrected chi connectivity index (χ3v) is 3.71. The van der Waals surface area contributed by atoms with E-state index in [-0.39, 0.29) is 17.6 Å². The normalized spacial score (nSPS) is 16.7. The van der Waals surface area contributed by atoms with Crippen LogP contribution in [0.15, 0.2) is 42.7 Å². The third kappa shape index (κ3) is 3.98. The summed E-state index contributed by atoms with van der Waals surface area (Å²) in [6.07, 6.45) is 3.32. The van der Waals surface area contributed by atoms with Crippen LogP contribution in [-0.2, 0) is 4.79 Å². The maximum Gasteiger partial charge on any atom is 0.224 e. The maximum atomic E-state index is 12.1. The van der Waals surface area contributed by atoms with Crippen LogP contribution >= 0.6 is 0 Å². The Hall–Kier alpha value is -3.14. The van der Waals surface area contributed by atoms with Gasteiger partial charge in [-0.05, 0) is 12.1 Å². The number of likely N-dealkylation sites (tertiary alicyclic amines) is 1. The molecule has 0 saturated carbocycles. The second-order valence-electron chi connectivity index (χ2n) is 5.45. The maximum absolute atomic E-state index is 12.1. The Morgan fingerprint density at radius 2 is 2.12 bits per heavy atom. The zero-order chi connectivity index (χ0) is 16.8. The molecule has 1 aromatic heterocycles. The molecular weight excluding hydrogens is 306 g/mol. The lowest BCUT2D eigenvalue weighted by atomic mass is 10.2. The zero-order valence-electron chi connectivity index (χ0n) is 13.1. The van der Waals surface area contributed by atoms with Crippen molar-refractivity contribution in [2.75, 3.05) is 25.0 Å². The highest BCUT2D eigenvalue weighted by molar-refractivity contribution is 5.79. The second kappa shape index (κ2) is 7.42. The van der Waals surface area contributed by atoms with E-state index >= 15 is 0 Å². The molecule has 2 aromatic rings. The summed E-state index contributed by atoms with van der Waals surface area (Å²) < 4.78 is 5.63. The predicted octanol–water partition coefficient (Wildman–Crippen LogP) is 1.44. The standard InChI is InChI=1S/C17H17N5O2/c18-9-14-10-20-16(11-19-14)21-13-8-17(23)22(12-13)6-7-24-15-4-2-1-3-5-15/h1-5,10-11,13H,6-8,12H2,(H,20,21)/t13-/m1/s1. The monoisotopic (exact) mass is 323 g/mol. The molecule has 0 bridgehead atoms. The number of para-hydroxylation sites is 1. The Balaban J connectivity index is 1.47. The van der Waals surface area contributed by atoms with Gasteiger partial charge in [0.2, 0.25) is 5.91 Å². The van der Waals surface area contributed by atoms with E-state index in [1.165, 1.54) is 12.4 Å². The number of carbonyl (C=O) groups excluding carboxylic acids is 1. The Kier molecular flexibility index (Phi) is 4.87. The van der Waals surface area contributed by atoms with E-state index in [1.807, 2.05) is 36.4 Å². The van der Waals surface area contributed by atoms with Gasteiger partial charge in [0.1, 0.15) is 24.2 Å². The van der Waals surface area contributed by atoms with Crippen LogP contribution in [0.3, 0.4) is 0 Å². The minimum Gasteiger partial charge on any atom is -0.492 e. The molecule has 0 aliphatic carbocycles. The van der Waals surface area contributed by atoms with E-state index < -0.39 is 0 Å². The quantitative estimate of drug-likeness (QED) is 0.865. The molecule has 1 N–H and O–H groups in total. The molecule has 1 saturated heterocycles. The molecule has 24 heavy (non-hydrogen) atoms. The molecule has 0 spiro atoms. The molecule has 7 nitrogen and oxygen atoms in total. The Morgan fingerprint density at radius 1 is 1.29 bits per heavy atom. The number of hydrogen-bond donors (Lipinski definition) is 1. The summed E-state index contributed by atoms with van der Waals surface area (Å²) in [5.41, 5.74) is 0.266. The van der Waals surface area contributed by atoms with E-state index in [0.717, 1.165) is 5.75 Å². The van der Waals surface area contributed by atoms with Gasteiger partial charge in [0, 0.05) is 13.0 Å². The molecular formula is C17H17N5O2. The first-order valence-electron chi connectivity index (χ1n) is 7.69. The zero-order valence-corrected chi connectivity index (χ0v) is 13.1. The molecule has 7 heteroatoms. The summed E-state index contributed by atoms with van der Waals surface area (Å²) in [5, 5.41) is 11.9. The molecule has 1 aliphatic heterocycles. The molecule has 1 atom stereocenters. The van der Waals surface area contributed by atoms with E-state index in [0.29, 0.717) is 31.9 Å². The van der Waals surface area contributed by atoms with E-state index in [2.05, 4.69) is 15.3 Å². The van der Waals surface area contributed by atoms with Gasteiger partial charge in [-0.25, -0.2) is 9.97 Å². The smallest absolute Gasteiger partial charge is 0.224 e. The van der Waals surface area contributed by atoms with E-state index in [9.17, 15) is 4.79 Å². The van der Waals surface area contributed by atoms with Gasteiger partial charge in [0.25, 0.3) is 0 Å². The number of amides is 1. The first kappa shape index (κ1) is 15.7. The van der Waals surface area contributed by atoms with Crippen molar-refractivity contribution in [3.8, 4) is 11.8 Å². The van der Waals surface area contributed by atoms with Gasteiger partial charge in [0.15, 0.2) is 5.69 Å². The number of aromatic nitrogens is 2. The molecule has 1 amide bonds. The van der Waals surface area contributed by atoms with Crippen LogP contribution in [0.4, 0.5) is 5.82 Å². The highest BCUT2D eigenvalue weighted by atomic mass is 16.5. The predicted molar refractivity (Wildman–Crippen MR) is 87.3 cm³/mol. The number of hydrogen-bond acceptors (Lipinski definition) is 6. The number of anilines is 1. The molecule has 0 unspecified atom stereocenters. The van der Waals surface area contributed by atoms with Crippen molar-refractivity contribution in [3.05, 3.63) is 48.4 Å². The van der Waals surface area contributed by atoms with Crippen molar-refractivity contribution >= 4 is 11.7 Å². The molecule has 1 aromatic carbocycles. The Labute approximate surface area is 139 Å². The van der Waals surface area contributed by atoms with Crippen LogP contribution in [0, 0.1) is 11.3 Å². The molecule has 3 rings (SSSR count). The number of ether oxygens (including phenoxy) is 1. The molecule has 1 fully saturated rings. The van der Waals surface area contributed by atoms with Crippen molar-refractivity contribution in [2.24, 2.45) is 0 Å². The summed E-state index contributed by atoms with van der Waals surface area (Å²) in [5.74, 6) is 1.45. The van der Waals surface area contributed by atoms with Crippen molar-refractivity contribution < 1.29 is 9.53 Å². The minimum absolute atomic E-state index is 0.0172. The first-order chi connectivity index (χ1) is 11.7. The van der Waals surface area contributed by atoms with Gasteiger partial charge < -0.3 is 15.0 Å². The fourth-order valence-electron chi connectivity index (χ4n) is 2.54. The van der Waals surface area contributed by atoms with E-state index in [1.54, 1.807) is 4.90 Å². The minimum atomic E-state index is -0.0172. The number of nitriles is 1.